The smallest absolute Gasteiger partial charge is 0.170 e. The van der Waals surface area contributed by atoms with Crippen molar-refractivity contribution >= 4 is 34.6 Å². The van der Waals surface area contributed by atoms with Gasteiger partial charge in [-0.15, -0.1) is 0 Å². The Morgan fingerprint density at radius 1 is 1.46 bits per heavy atom. The first-order valence-corrected chi connectivity index (χ1v) is 4.82. The Hall–Kier alpha value is -0.800. The molecule has 0 heterocycles. The lowest BCUT2D eigenvalue weighted by atomic mass is 10.3. The van der Waals surface area contributed by atoms with E-state index >= 15 is 0 Å². The van der Waals surface area contributed by atoms with Crippen LogP contribution in [0.4, 0.5) is 5.69 Å². The SMILES string of the molecule is CCNC(=S)Nc1ccccc1Cl. The zero-order valence-electron chi connectivity index (χ0n) is 7.30. The van der Waals surface area contributed by atoms with Crippen molar-refractivity contribution in [2.45, 2.75) is 6.92 Å². The van der Waals surface area contributed by atoms with E-state index in [0.717, 1.165) is 12.2 Å². The number of para-hydroxylation sites is 1. The van der Waals surface area contributed by atoms with Gasteiger partial charge in [-0.3, -0.25) is 0 Å². The third-order valence-corrected chi connectivity index (χ3v) is 2.04. The quantitative estimate of drug-likeness (QED) is 0.741. The van der Waals surface area contributed by atoms with Crippen LogP contribution in [0.3, 0.4) is 0 Å². The molecule has 70 valence electrons. The van der Waals surface area contributed by atoms with E-state index < -0.39 is 0 Å². The summed E-state index contributed by atoms with van der Waals surface area (Å²) in [5.74, 6) is 0. The summed E-state index contributed by atoms with van der Waals surface area (Å²) in [5, 5.41) is 7.24. The normalized spacial score (nSPS) is 9.38. The molecule has 0 unspecified atom stereocenters. The van der Waals surface area contributed by atoms with Crippen LogP contribution in [0, 0.1) is 0 Å². The van der Waals surface area contributed by atoms with Crippen LogP contribution in [-0.2, 0) is 0 Å². The van der Waals surface area contributed by atoms with Crippen molar-refractivity contribution in [2.24, 2.45) is 0 Å². The van der Waals surface area contributed by atoms with E-state index in [2.05, 4.69) is 10.6 Å². The summed E-state index contributed by atoms with van der Waals surface area (Å²) in [4.78, 5) is 0. The summed E-state index contributed by atoms with van der Waals surface area (Å²) in [6.45, 7) is 2.79. The number of rotatable bonds is 2. The zero-order chi connectivity index (χ0) is 9.68. The molecule has 0 atom stereocenters. The average Bonchev–Trinajstić information content (AvgIpc) is 2.09. The minimum absolute atomic E-state index is 0.593. The number of anilines is 1. The molecule has 2 N–H and O–H groups in total. The van der Waals surface area contributed by atoms with Gasteiger partial charge in [0.2, 0.25) is 0 Å². The monoisotopic (exact) mass is 214 g/mol. The molecule has 2 nitrogen and oxygen atoms in total. The molecule has 0 aliphatic rings. The molecule has 0 saturated carbocycles. The highest BCUT2D eigenvalue weighted by atomic mass is 35.5. The Labute approximate surface area is 88.3 Å². The molecule has 0 fully saturated rings. The Bertz CT molecular complexity index is 301. The Balaban J connectivity index is 2.63. The van der Waals surface area contributed by atoms with Crippen molar-refractivity contribution in [2.75, 3.05) is 11.9 Å². The average molecular weight is 215 g/mol. The van der Waals surface area contributed by atoms with E-state index in [1.807, 2.05) is 31.2 Å². The van der Waals surface area contributed by atoms with Crippen molar-refractivity contribution < 1.29 is 0 Å². The molecule has 0 aliphatic carbocycles. The van der Waals surface area contributed by atoms with Gasteiger partial charge in [0.05, 0.1) is 10.7 Å². The molecule has 0 bridgehead atoms. The van der Waals surface area contributed by atoms with Crippen molar-refractivity contribution in [3.63, 3.8) is 0 Å². The molecule has 4 heteroatoms. The topological polar surface area (TPSA) is 24.1 Å². The van der Waals surface area contributed by atoms with E-state index in [4.69, 9.17) is 23.8 Å². The van der Waals surface area contributed by atoms with E-state index in [-0.39, 0.29) is 0 Å². The highest BCUT2D eigenvalue weighted by Crippen LogP contribution is 2.19. The Kier molecular flexibility index (Phi) is 3.99. The summed E-state index contributed by atoms with van der Waals surface area (Å²) >= 11 is 10.9. The molecule has 1 aromatic rings. The second-order valence-corrected chi connectivity index (χ2v) is 3.28. The largest absolute Gasteiger partial charge is 0.363 e. The first kappa shape index (κ1) is 10.3. The predicted octanol–water partition coefficient (Wildman–Crippen LogP) is 2.65. The van der Waals surface area contributed by atoms with Crippen LogP contribution >= 0.6 is 23.8 Å². The molecular weight excluding hydrogens is 204 g/mol. The van der Waals surface area contributed by atoms with Crippen LogP contribution in [-0.4, -0.2) is 11.7 Å². The maximum atomic E-state index is 5.92. The second-order valence-electron chi connectivity index (χ2n) is 2.46. The molecule has 0 spiro atoms. The number of hydrogen-bond donors (Lipinski definition) is 2. The maximum absolute atomic E-state index is 5.92. The molecule has 0 radical (unpaired) electrons. The number of hydrogen-bond acceptors (Lipinski definition) is 1. The van der Waals surface area contributed by atoms with Crippen LogP contribution in [0.25, 0.3) is 0 Å². The molecule has 0 amide bonds. The molecule has 0 aliphatic heterocycles. The van der Waals surface area contributed by atoms with Gasteiger partial charge < -0.3 is 10.6 Å². The third kappa shape index (κ3) is 3.20. The van der Waals surface area contributed by atoms with Gasteiger partial charge in [0, 0.05) is 6.54 Å². The van der Waals surface area contributed by atoms with E-state index in [1.165, 1.54) is 0 Å². The van der Waals surface area contributed by atoms with Gasteiger partial charge >= 0.3 is 0 Å². The highest BCUT2D eigenvalue weighted by molar-refractivity contribution is 7.80. The number of benzene rings is 1. The fourth-order valence-corrected chi connectivity index (χ4v) is 1.33. The second kappa shape index (κ2) is 5.04. The fraction of sp³-hybridized carbons (Fsp3) is 0.222. The summed E-state index contributed by atoms with van der Waals surface area (Å²) < 4.78 is 0. The standard InChI is InChI=1S/C9H11ClN2S/c1-2-11-9(13)12-8-6-4-3-5-7(8)10/h3-6H,2H2,1H3,(H2,11,12,13). The van der Waals surface area contributed by atoms with Gasteiger partial charge in [-0.05, 0) is 31.3 Å². The predicted molar refractivity (Wildman–Crippen MR) is 61.3 cm³/mol. The lowest BCUT2D eigenvalue weighted by molar-refractivity contribution is 0.979. The Morgan fingerprint density at radius 2 is 2.15 bits per heavy atom. The van der Waals surface area contributed by atoms with Gasteiger partial charge in [0.25, 0.3) is 0 Å². The van der Waals surface area contributed by atoms with Gasteiger partial charge in [-0.2, -0.15) is 0 Å². The van der Waals surface area contributed by atoms with Crippen LogP contribution in [0.5, 0.6) is 0 Å². The highest BCUT2D eigenvalue weighted by Gasteiger charge is 1.99. The van der Waals surface area contributed by atoms with E-state index in [1.54, 1.807) is 0 Å². The van der Waals surface area contributed by atoms with Crippen molar-refractivity contribution in [3.8, 4) is 0 Å². The van der Waals surface area contributed by atoms with E-state index in [0.29, 0.717) is 10.1 Å². The molecular formula is C9H11ClN2S. The van der Waals surface area contributed by atoms with Crippen molar-refractivity contribution in [1.29, 1.82) is 0 Å². The summed E-state index contributed by atoms with van der Waals surface area (Å²) in [5.41, 5.74) is 0.829. The van der Waals surface area contributed by atoms with Crippen LogP contribution < -0.4 is 10.6 Å². The van der Waals surface area contributed by atoms with Gasteiger partial charge in [-0.1, -0.05) is 23.7 Å². The van der Waals surface area contributed by atoms with Crippen molar-refractivity contribution in [3.05, 3.63) is 29.3 Å². The minimum atomic E-state index is 0.593. The summed E-state index contributed by atoms with van der Waals surface area (Å²) in [6.07, 6.45) is 0. The van der Waals surface area contributed by atoms with Crippen molar-refractivity contribution in [1.82, 2.24) is 5.32 Å². The Morgan fingerprint density at radius 3 is 2.77 bits per heavy atom. The number of halogens is 1. The fourth-order valence-electron chi connectivity index (χ4n) is 0.890. The number of nitrogens with one attached hydrogen (secondary N) is 2. The van der Waals surface area contributed by atoms with Gasteiger partial charge in [0.15, 0.2) is 5.11 Å². The van der Waals surface area contributed by atoms with E-state index in [9.17, 15) is 0 Å². The number of thiocarbonyl (C=S) groups is 1. The molecule has 0 aromatic heterocycles. The first-order chi connectivity index (χ1) is 6.24. The summed E-state index contributed by atoms with van der Waals surface area (Å²) in [6, 6.07) is 7.48. The lowest BCUT2D eigenvalue weighted by Gasteiger charge is -2.09. The molecule has 1 aromatic carbocycles. The minimum Gasteiger partial charge on any atom is -0.363 e. The first-order valence-electron chi connectivity index (χ1n) is 4.03. The summed E-state index contributed by atoms with van der Waals surface area (Å²) in [7, 11) is 0. The van der Waals surface area contributed by atoms with Crippen LogP contribution in [0.1, 0.15) is 6.92 Å². The lowest BCUT2D eigenvalue weighted by Crippen LogP contribution is -2.27. The van der Waals surface area contributed by atoms with Gasteiger partial charge in [-0.25, -0.2) is 0 Å². The molecule has 0 saturated heterocycles. The molecule has 1 rings (SSSR count). The van der Waals surface area contributed by atoms with Crippen LogP contribution in [0.15, 0.2) is 24.3 Å². The molecule has 13 heavy (non-hydrogen) atoms. The van der Waals surface area contributed by atoms with Gasteiger partial charge in [0.1, 0.15) is 0 Å². The van der Waals surface area contributed by atoms with Crippen LogP contribution in [0.2, 0.25) is 5.02 Å². The third-order valence-electron chi connectivity index (χ3n) is 1.46. The zero-order valence-corrected chi connectivity index (χ0v) is 8.88. The maximum Gasteiger partial charge on any atom is 0.170 e.